The Labute approximate surface area is 129 Å². The van der Waals surface area contributed by atoms with Crippen molar-refractivity contribution in [2.24, 2.45) is 5.73 Å². The number of hydrogen-bond acceptors (Lipinski definition) is 2. The smallest absolute Gasteiger partial charge is 0.250 e. The Morgan fingerprint density at radius 2 is 2.14 bits per heavy atom. The Morgan fingerprint density at radius 1 is 1.45 bits per heavy atom. The predicted octanol–water partition coefficient (Wildman–Crippen LogP) is 3.04. The number of benzene rings is 1. The Hall–Kier alpha value is -2.14. The third kappa shape index (κ3) is 2.64. The number of aromatic nitrogens is 1. The number of aromatic amines is 1. The van der Waals surface area contributed by atoms with E-state index in [9.17, 15) is 9.18 Å². The fraction of sp³-hybridized carbons (Fsp3) is 0.353. The average Bonchev–Trinajstić information content (AvgIpc) is 2.74. The molecule has 0 fully saturated rings. The van der Waals surface area contributed by atoms with Crippen LogP contribution in [0.5, 0.6) is 0 Å². The monoisotopic (exact) mass is 303 g/mol. The van der Waals surface area contributed by atoms with Crippen LogP contribution in [0.25, 0.3) is 16.5 Å². The Morgan fingerprint density at radius 3 is 2.68 bits per heavy atom. The van der Waals surface area contributed by atoms with Gasteiger partial charge in [-0.3, -0.25) is 4.79 Å². The molecule has 0 aliphatic carbocycles. The van der Waals surface area contributed by atoms with Crippen LogP contribution in [0.1, 0.15) is 40.5 Å². The SMILES string of the molecule is CC/C=C(\CNC)c1c(F)cc(C(N)=O)c2[nH]c(C)c(C)c12. The molecule has 0 saturated heterocycles. The molecule has 1 heterocycles. The standard InChI is InChI=1S/C17H22FN3O/c1-5-6-11(8-20-4)15-13(18)7-12(17(19)22)16-14(15)9(2)10(3)21-16/h6-7,20-21H,5,8H2,1-4H3,(H2,19,22)/b11-6+. The molecule has 0 bridgehead atoms. The van der Waals surface area contributed by atoms with Crippen molar-refractivity contribution in [3.63, 3.8) is 0 Å². The van der Waals surface area contributed by atoms with Gasteiger partial charge in [-0.05, 0) is 44.5 Å². The zero-order valence-corrected chi connectivity index (χ0v) is 13.4. The largest absolute Gasteiger partial charge is 0.366 e. The number of nitrogens with one attached hydrogen (secondary N) is 2. The van der Waals surface area contributed by atoms with E-state index in [-0.39, 0.29) is 5.56 Å². The highest BCUT2D eigenvalue weighted by molar-refractivity contribution is 6.09. The van der Waals surface area contributed by atoms with Crippen molar-refractivity contribution in [2.45, 2.75) is 27.2 Å². The third-order valence-corrected chi connectivity index (χ3v) is 3.93. The van der Waals surface area contributed by atoms with E-state index in [1.165, 1.54) is 6.07 Å². The van der Waals surface area contributed by atoms with Gasteiger partial charge in [0.15, 0.2) is 0 Å². The minimum Gasteiger partial charge on any atom is -0.366 e. The summed E-state index contributed by atoms with van der Waals surface area (Å²) >= 11 is 0. The molecule has 2 aromatic rings. The number of nitrogens with two attached hydrogens (primary N) is 1. The van der Waals surface area contributed by atoms with Crippen molar-refractivity contribution in [1.82, 2.24) is 10.3 Å². The number of H-pyrrole nitrogens is 1. The Bertz CT molecular complexity index is 759. The summed E-state index contributed by atoms with van der Waals surface area (Å²) in [5, 5.41) is 3.81. The minimum atomic E-state index is -0.633. The molecule has 0 aliphatic heterocycles. The summed E-state index contributed by atoms with van der Waals surface area (Å²) in [6, 6.07) is 1.23. The van der Waals surface area contributed by atoms with Crippen LogP contribution in [0, 0.1) is 19.7 Å². The van der Waals surface area contributed by atoms with E-state index in [4.69, 9.17) is 5.73 Å². The van der Waals surface area contributed by atoms with Crippen molar-refractivity contribution < 1.29 is 9.18 Å². The molecule has 4 nitrogen and oxygen atoms in total. The van der Waals surface area contributed by atoms with Crippen molar-refractivity contribution in [1.29, 1.82) is 0 Å². The van der Waals surface area contributed by atoms with Crippen molar-refractivity contribution in [3.05, 3.63) is 40.3 Å². The lowest BCUT2D eigenvalue weighted by Gasteiger charge is -2.13. The molecule has 4 N–H and O–H groups in total. The molecule has 22 heavy (non-hydrogen) atoms. The number of aryl methyl sites for hydroxylation is 2. The summed E-state index contributed by atoms with van der Waals surface area (Å²) in [5.41, 5.74) is 9.46. The van der Waals surface area contributed by atoms with Crippen molar-refractivity contribution in [2.75, 3.05) is 13.6 Å². The summed E-state index contributed by atoms with van der Waals surface area (Å²) in [7, 11) is 1.83. The van der Waals surface area contributed by atoms with E-state index in [0.29, 0.717) is 17.6 Å². The van der Waals surface area contributed by atoms with Gasteiger partial charge in [0, 0.05) is 23.2 Å². The molecule has 118 valence electrons. The third-order valence-electron chi connectivity index (χ3n) is 3.93. The number of halogens is 1. The fourth-order valence-electron chi connectivity index (χ4n) is 2.83. The number of carbonyl (C=O) groups is 1. The molecular formula is C17H22FN3O. The van der Waals surface area contributed by atoms with Gasteiger partial charge in [-0.15, -0.1) is 0 Å². The van der Waals surface area contributed by atoms with Crippen LogP contribution in [-0.2, 0) is 0 Å². The lowest BCUT2D eigenvalue weighted by Crippen LogP contribution is -2.14. The van der Waals surface area contributed by atoms with Gasteiger partial charge < -0.3 is 16.0 Å². The molecule has 0 radical (unpaired) electrons. The zero-order valence-electron chi connectivity index (χ0n) is 13.4. The number of carbonyl (C=O) groups excluding carboxylic acids is 1. The molecule has 0 unspecified atom stereocenters. The first-order valence-electron chi connectivity index (χ1n) is 7.37. The maximum Gasteiger partial charge on any atom is 0.250 e. The number of likely N-dealkylation sites (N-methyl/N-ethyl adjacent to an activating group) is 1. The topological polar surface area (TPSA) is 70.9 Å². The molecule has 0 atom stereocenters. The average molecular weight is 303 g/mol. The van der Waals surface area contributed by atoms with Gasteiger partial charge in [-0.25, -0.2) is 4.39 Å². The van der Waals surface area contributed by atoms with E-state index in [2.05, 4.69) is 10.3 Å². The van der Waals surface area contributed by atoms with Gasteiger partial charge in [0.1, 0.15) is 5.82 Å². The summed E-state index contributed by atoms with van der Waals surface area (Å²) in [5.74, 6) is -1.05. The van der Waals surface area contributed by atoms with Crippen molar-refractivity contribution in [3.8, 4) is 0 Å². The first-order chi connectivity index (χ1) is 10.4. The normalized spacial score (nSPS) is 12.1. The molecule has 5 heteroatoms. The van der Waals surface area contributed by atoms with Gasteiger partial charge in [0.2, 0.25) is 0 Å². The Kier molecular flexibility index (Phi) is 4.66. The van der Waals surface area contributed by atoms with Gasteiger partial charge in [-0.2, -0.15) is 0 Å². The van der Waals surface area contributed by atoms with Crippen molar-refractivity contribution >= 4 is 22.4 Å². The first kappa shape index (κ1) is 16.2. The highest BCUT2D eigenvalue weighted by Crippen LogP contribution is 2.34. The number of amides is 1. The second kappa shape index (κ2) is 6.32. The maximum atomic E-state index is 14.7. The van der Waals surface area contributed by atoms with E-state index >= 15 is 0 Å². The quantitative estimate of drug-likeness (QED) is 0.794. The lowest BCUT2D eigenvalue weighted by molar-refractivity contribution is 0.100. The molecule has 2 rings (SSSR count). The molecule has 1 aromatic heterocycles. The zero-order chi connectivity index (χ0) is 16.4. The van der Waals surface area contributed by atoms with Crippen LogP contribution in [0.4, 0.5) is 4.39 Å². The predicted molar refractivity (Wildman–Crippen MR) is 88.4 cm³/mol. The number of primary amides is 1. The summed E-state index contributed by atoms with van der Waals surface area (Å²) in [4.78, 5) is 14.8. The number of rotatable bonds is 5. The molecule has 0 spiro atoms. The van der Waals surface area contributed by atoms with Gasteiger partial charge in [-0.1, -0.05) is 13.0 Å². The molecule has 1 aromatic carbocycles. The van der Waals surface area contributed by atoms with Crippen LogP contribution in [0.2, 0.25) is 0 Å². The van der Waals surface area contributed by atoms with Crippen LogP contribution < -0.4 is 11.1 Å². The van der Waals surface area contributed by atoms with Gasteiger partial charge in [0.25, 0.3) is 5.91 Å². The van der Waals surface area contributed by atoms with Crippen LogP contribution >= 0.6 is 0 Å². The highest BCUT2D eigenvalue weighted by atomic mass is 19.1. The minimum absolute atomic E-state index is 0.188. The maximum absolute atomic E-state index is 14.7. The fourth-order valence-corrected chi connectivity index (χ4v) is 2.83. The number of hydrogen-bond donors (Lipinski definition) is 3. The molecule has 0 aliphatic rings. The summed E-state index contributed by atoms with van der Waals surface area (Å²) in [6.07, 6.45) is 2.80. The lowest BCUT2D eigenvalue weighted by atomic mass is 9.95. The van der Waals surface area contributed by atoms with Gasteiger partial charge in [0.05, 0.1) is 11.1 Å². The van der Waals surface area contributed by atoms with Crippen LogP contribution in [-0.4, -0.2) is 24.5 Å². The van der Waals surface area contributed by atoms with Crippen LogP contribution in [0.15, 0.2) is 12.1 Å². The number of fused-ring (bicyclic) bond motifs is 1. The van der Waals surface area contributed by atoms with Crippen LogP contribution in [0.3, 0.4) is 0 Å². The first-order valence-corrected chi connectivity index (χ1v) is 7.37. The number of allylic oxidation sites excluding steroid dienone is 1. The van der Waals surface area contributed by atoms with E-state index < -0.39 is 11.7 Å². The van der Waals surface area contributed by atoms with Gasteiger partial charge >= 0.3 is 0 Å². The molecular weight excluding hydrogens is 281 g/mol. The molecule has 0 saturated carbocycles. The van der Waals surface area contributed by atoms with E-state index in [0.717, 1.165) is 28.6 Å². The summed E-state index contributed by atoms with van der Waals surface area (Å²) < 4.78 is 14.7. The summed E-state index contributed by atoms with van der Waals surface area (Å²) in [6.45, 7) is 6.39. The second-order valence-electron chi connectivity index (χ2n) is 5.44. The van der Waals surface area contributed by atoms with E-state index in [1.807, 2.05) is 33.9 Å². The highest BCUT2D eigenvalue weighted by Gasteiger charge is 2.21. The van der Waals surface area contributed by atoms with E-state index in [1.54, 1.807) is 0 Å². The second-order valence-corrected chi connectivity index (χ2v) is 5.44. The Balaban J connectivity index is 2.90. The molecule has 1 amide bonds.